The van der Waals surface area contributed by atoms with Crippen molar-refractivity contribution in [1.29, 1.82) is 0 Å². The molecule has 1 aliphatic rings. The summed E-state index contributed by atoms with van der Waals surface area (Å²) in [5.41, 5.74) is 0.929. The number of rotatable bonds is 6. The molecule has 2 N–H and O–H groups in total. The number of thiophene rings is 1. The van der Waals surface area contributed by atoms with E-state index in [9.17, 15) is 18.3 Å². The molecule has 0 spiro atoms. The molecular weight excluding hydrogens is 372 g/mol. The fraction of sp³-hybridized carbons (Fsp3) is 0.389. The number of sulfonamides is 1. The Morgan fingerprint density at radius 3 is 2.69 bits per heavy atom. The van der Waals surface area contributed by atoms with Crippen LogP contribution >= 0.6 is 11.3 Å². The number of hydrogen-bond donors (Lipinski definition) is 2. The summed E-state index contributed by atoms with van der Waals surface area (Å²) in [7, 11) is -3.60. The molecule has 2 heterocycles. The highest BCUT2D eigenvalue weighted by molar-refractivity contribution is 7.94. The van der Waals surface area contributed by atoms with Gasteiger partial charge in [0, 0.05) is 23.8 Å². The van der Waals surface area contributed by atoms with Crippen LogP contribution in [0.5, 0.6) is 0 Å². The van der Waals surface area contributed by atoms with Crippen molar-refractivity contribution in [3.8, 4) is 0 Å². The summed E-state index contributed by atoms with van der Waals surface area (Å²) in [5, 5.41) is 11.3. The lowest BCUT2D eigenvalue weighted by atomic mass is 10.1. The van der Waals surface area contributed by atoms with Crippen LogP contribution in [0, 0.1) is 0 Å². The molecule has 2 atom stereocenters. The molecule has 8 heteroatoms. The molecular formula is C18H22N2O4S2. The van der Waals surface area contributed by atoms with E-state index in [0.717, 1.165) is 24.2 Å². The van der Waals surface area contributed by atoms with E-state index in [0.29, 0.717) is 24.2 Å². The van der Waals surface area contributed by atoms with Gasteiger partial charge in [-0.1, -0.05) is 6.07 Å². The number of nitrogens with one attached hydrogen (secondary N) is 1. The molecule has 1 fully saturated rings. The quantitative estimate of drug-likeness (QED) is 0.789. The number of hydrogen-bond acceptors (Lipinski definition) is 5. The number of aliphatic hydroxyl groups is 1. The number of carbonyl (C=O) groups excluding carboxylic acids is 1. The fourth-order valence-corrected chi connectivity index (χ4v) is 5.26. The summed E-state index contributed by atoms with van der Waals surface area (Å²) < 4.78 is 27.2. The Bertz CT molecular complexity index is 846. The Morgan fingerprint density at radius 2 is 2.08 bits per heavy atom. The summed E-state index contributed by atoms with van der Waals surface area (Å²) in [4.78, 5) is 14.5. The van der Waals surface area contributed by atoms with E-state index in [1.54, 1.807) is 53.6 Å². The first kappa shape index (κ1) is 18.9. The predicted octanol–water partition coefficient (Wildman–Crippen LogP) is 2.92. The third kappa shape index (κ3) is 4.25. The van der Waals surface area contributed by atoms with Gasteiger partial charge in [0.05, 0.1) is 6.10 Å². The van der Waals surface area contributed by atoms with Gasteiger partial charge in [0.15, 0.2) is 0 Å². The van der Waals surface area contributed by atoms with Crippen molar-refractivity contribution in [2.75, 3.05) is 11.3 Å². The highest BCUT2D eigenvalue weighted by Gasteiger charge is 2.30. The topological polar surface area (TPSA) is 86.7 Å². The van der Waals surface area contributed by atoms with Gasteiger partial charge < -0.3 is 10.0 Å². The molecule has 140 valence electrons. The highest BCUT2D eigenvalue weighted by atomic mass is 32.2. The summed E-state index contributed by atoms with van der Waals surface area (Å²) in [6.45, 7) is 2.42. The zero-order valence-corrected chi connectivity index (χ0v) is 16.1. The van der Waals surface area contributed by atoms with Gasteiger partial charge in [-0.05, 0) is 61.9 Å². The van der Waals surface area contributed by atoms with Gasteiger partial charge in [0.1, 0.15) is 4.21 Å². The molecule has 1 aromatic carbocycles. The number of aliphatic hydroxyl groups excluding tert-OH is 1. The van der Waals surface area contributed by atoms with E-state index in [1.807, 2.05) is 0 Å². The van der Waals surface area contributed by atoms with E-state index in [2.05, 4.69) is 4.72 Å². The minimum atomic E-state index is -3.60. The van der Waals surface area contributed by atoms with Crippen LogP contribution in [0.1, 0.15) is 36.5 Å². The van der Waals surface area contributed by atoms with Crippen molar-refractivity contribution < 1.29 is 18.3 Å². The number of anilines is 1. The van der Waals surface area contributed by atoms with Crippen molar-refractivity contribution in [1.82, 2.24) is 4.90 Å². The zero-order valence-electron chi connectivity index (χ0n) is 14.5. The van der Waals surface area contributed by atoms with Gasteiger partial charge >= 0.3 is 0 Å². The molecule has 1 aliphatic heterocycles. The monoisotopic (exact) mass is 394 g/mol. The van der Waals surface area contributed by atoms with Crippen LogP contribution in [-0.2, 0) is 10.0 Å². The molecule has 0 aliphatic carbocycles. The van der Waals surface area contributed by atoms with E-state index < -0.39 is 16.1 Å². The van der Waals surface area contributed by atoms with Gasteiger partial charge in [-0.25, -0.2) is 8.42 Å². The van der Waals surface area contributed by atoms with Gasteiger partial charge in [-0.3, -0.25) is 9.52 Å². The summed E-state index contributed by atoms with van der Waals surface area (Å²) in [6.07, 6.45) is 1.96. The first-order chi connectivity index (χ1) is 12.4. The molecule has 0 bridgehead atoms. The van der Waals surface area contributed by atoms with Gasteiger partial charge in [-0.15, -0.1) is 11.3 Å². The lowest BCUT2D eigenvalue weighted by Gasteiger charge is -2.25. The van der Waals surface area contributed by atoms with Crippen LogP contribution in [-0.4, -0.2) is 43.0 Å². The number of amides is 1. The molecule has 1 aromatic heterocycles. The summed E-state index contributed by atoms with van der Waals surface area (Å²) in [5.74, 6) is -0.0826. The second-order valence-electron chi connectivity index (χ2n) is 6.49. The Labute approximate surface area is 157 Å². The second-order valence-corrected chi connectivity index (χ2v) is 9.35. The smallest absolute Gasteiger partial charge is 0.271 e. The number of carbonyl (C=O) groups is 1. The molecule has 1 amide bonds. The maximum Gasteiger partial charge on any atom is 0.271 e. The van der Waals surface area contributed by atoms with E-state index in [-0.39, 0.29) is 16.2 Å². The van der Waals surface area contributed by atoms with Crippen LogP contribution in [0.2, 0.25) is 0 Å². The molecule has 0 radical (unpaired) electrons. The van der Waals surface area contributed by atoms with Crippen LogP contribution in [0.25, 0.3) is 0 Å². The maximum absolute atomic E-state index is 12.7. The standard InChI is InChI=1S/C18H22N2O4S2/c1-13(21)12-16-4-2-10-20(16)18(22)14-6-8-15(9-7-14)19-26(23,24)17-5-3-11-25-17/h3,5-9,11,13,16,19,21H,2,4,10,12H2,1H3/t13-,16+/m1/s1. The maximum atomic E-state index is 12.7. The largest absolute Gasteiger partial charge is 0.393 e. The molecule has 0 unspecified atom stereocenters. The molecule has 26 heavy (non-hydrogen) atoms. The third-order valence-electron chi connectivity index (χ3n) is 4.40. The Balaban J connectivity index is 1.70. The van der Waals surface area contributed by atoms with Crippen molar-refractivity contribution >= 4 is 33.0 Å². The highest BCUT2D eigenvalue weighted by Crippen LogP contribution is 2.25. The van der Waals surface area contributed by atoms with Crippen LogP contribution in [0.3, 0.4) is 0 Å². The average Bonchev–Trinajstić information content (AvgIpc) is 3.26. The third-order valence-corrected chi connectivity index (χ3v) is 7.17. The van der Waals surface area contributed by atoms with Gasteiger partial charge in [-0.2, -0.15) is 0 Å². The van der Waals surface area contributed by atoms with Crippen LogP contribution in [0.4, 0.5) is 5.69 Å². The summed E-state index contributed by atoms with van der Waals surface area (Å²) >= 11 is 1.15. The van der Waals surface area contributed by atoms with Gasteiger partial charge in [0.25, 0.3) is 15.9 Å². The lowest BCUT2D eigenvalue weighted by Crippen LogP contribution is -2.37. The SMILES string of the molecule is C[C@@H](O)C[C@@H]1CCCN1C(=O)c1ccc(NS(=O)(=O)c2cccs2)cc1. The Morgan fingerprint density at radius 1 is 1.35 bits per heavy atom. The molecule has 1 saturated heterocycles. The molecule has 2 aromatic rings. The minimum absolute atomic E-state index is 0.0551. The van der Waals surface area contributed by atoms with Crippen molar-refractivity contribution in [2.24, 2.45) is 0 Å². The fourth-order valence-electron chi connectivity index (χ4n) is 3.21. The molecule has 6 nitrogen and oxygen atoms in total. The molecule has 3 rings (SSSR count). The zero-order chi connectivity index (χ0) is 18.7. The Kier molecular flexibility index (Phi) is 5.64. The van der Waals surface area contributed by atoms with E-state index in [4.69, 9.17) is 0 Å². The second kappa shape index (κ2) is 7.77. The van der Waals surface area contributed by atoms with Crippen LogP contribution < -0.4 is 4.72 Å². The first-order valence-corrected chi connectivity index (χ1v) is 10.9. The summed E-state index contributed by atoms with van der Waals surface area (Å²) in [6, 6.07) is 9.73. The van der Waals surface area contributed by atoms with E-state index in [1.165, 1.54) is 0 Å². The predicted molar refractivity (Wildman–Crippen MR) is 102 cm³/mol. The van der Waals surface area contributed by atoms with Crippen molar-refractivity contribution in [3.63, 3.8) is 0 Å². The minimum Gasteiger partial charge on any atom is -0.393 e. The average molecular weight is 395 g/mol. The van der Waals surface area contributed by atoms with Gasteiger partial charge in [0.2, 0.25) is 0 Å². The van der Waals surface area contributed by atoms with Crippen LogP contribution in [0.15, 0.2) is 46.0 Å². The first-order valence-electron chi connectivity index (χ1n) is 8.52. The number of likely N-dealkylation sites (tertiary alicyclic amines) is 1. The number of nitrogens with zero attached hydrogens (tertiary/aromatic N) is 1. The number of benzene rings is 1. The lowest BCUT2D eigenvalue weighted by molar-refractivity contribution is 0.0682. The normalized spacial score (nSPS) is 18.7. The van der Waals surface area contributed by atoms with E-state index >= 15 is 0 Å². The molecule has 0 saturated carbocycles. The van der Waals surface area contributed by atoms with Crippen molar-refractivity contribution in [2.45, 2.75) is 42.5 Å². The van der Waals surface area contributed by atoms with Crippen molar-refractivity contribution in [3.05, 3.63) is 47.3 Å². The Hall–Kier alpha value is -1.90.